The van der Waals surface area contributed by atoms with E-state index in [0.29, 0.717) is 33.3 Å². The summed E-state index contributed by atoms with van der Waals surface area (Å²) in [7, 11) is 1.50. The number of ether oxygens (including phenoxy) is 1. The molecular weight excluding hydrogens is 476 g/mol. The Kier molecular flexibility index (Phi) is 4.55. The molecule has 0 spiro atoms. The van der Waals surface area contributed by atoms with Crippen LogP contribution in [-0.4, -0.2) is 17.1 Å². The van der Waals surface area contributed by atoms with Crippen molar-refractivity contribution in [1.82, 2.24) is 9.97 Å². The molecule has 0 unspecified atom stereocenters. The first-order valence-electron chi connectivity index (χ1n) is 9.27. The summed E-state index contributed by atoms with van der Waals surface area (Å²) in [5, 5.41) is 24.0. The van der Waals surface area contributed by atoms with Gasteiger partial charge in [0.15, 0.2) is 0 Å². The van der Waals surface area contributed by atoms with E-state index in [-0.39, 0.29) is 0 Å². The highest BCUT2D eigenvalue weighted by Gasteiger charge is 2.20. The number of H-pyrrole nitrogens is 1. The summed E-state index contributed by atoms with van der Waals surface area (Å²) in [6.07, 6.45) is 0. The number of methoxy groups -OCH3 is 1. The number of nitrogens with one attached hydrogen (secondary N) is 1. The molecule has 0 atom stereocenters. The van der Waals surface area contributed by atoms with Crippen LogP contribution < -0.4 is 4.74 Å². The van der Waals surface area contributed by atoms with E-state index in [4.69, 9.17) is 21.3 Å². The third-order valence-corrected chi connectivity index (χ3v) is 6.04. The van der Waals surface area contributed by atoms with Gasteiger partial charge in [-0.15, -0.1) is 0 Å². The van der Waals surface area contributed by atoms with Crippen LogP contribution in [0.3, 0.4) is 0 Å². The van der Waals surface area contributed by atoms with Gasteiger partial charge in [-0.25, -0.2) is 4.98 Å². The third-order valence-electron chi connectivity index (χ3n) is 5.31. The number of benzene rings is 4. The van der Waals surface area contributed by atoms with Crippen LogP contribution in [0.25, 0.3) is 44.0 Å². The van der Waals surface area contributed by atoms with Crippen molar-refractivity contribution in [2.24, 2.45) is 0 Å². The summed E-state index contributed by atoms with van der Waals surface area (Å²) in [5.74, 6) is 0.903. The Morgan fingerprint density at radius 1 is 0.935 bits per heavy atom. The van der Waals surface area contributed by atoms with Gasteiger partial charge < -0.3 is 9.72 Å². The Hall–Kier alpha value is -3.58. The van der Waals surface area contributed by atoms with Gasteiger partial charge in [0.2, 0.25) is 0 Å². The summed E-state index contributed by atoms with van der Waals surface area (Å²) in [6.45, 7) is 0. The van der Waals surface area contributed by atoms with Gasteiger partial charge in [-0.05, 0) is 47.2 Å². The fourth-order valence-corrected chi connectivity index (χ4v) is 4.48. The van der Waals surface area contributed by atoms with E-state index in [1.807, 2.05) is 36.4 Å². The first-order chi connectivity index (χ1) is 15.0. The molecular formula is C24H12BrClN4O. The Balaban J connectivity index is 1.94. The molecule has 5 nitrogen and oxygen atoms in total. The van der Waals surface area contributed by atoms with E-state index < -0.39 is 0 Å². The summed E-state index contributed by atoms with van der Waals surface area (Å²) in [6, 6.07) is 19.3. The van der Waals surface area contributed by atoms with Crippen LogP contribution in [0.1, 0.15) is 11.1 Å². The lowest BCUT2D eigenvalue weighted by Gasteiger charge is -2.07. The largest absolute Gasteiger partial charge is 0.497 e. The highest BCUT2D eigenvalue weighted by molar-refractivity contribution is 9.10. The smallest absolute Gasteiger partial charge is 0.141 e. The quantitative estimate of drug-likeness (QED) is 0.281. The number of imidazole rings is 1. The van der Waals surface area contributed by atoms with Gasteiger partial charge in [-0.3, -0.25) is 0 Å². The highest BCUT2D eigenvalue weighted by Crippen LogP contribution is 2.39. The zero-order valence-corrected chi connectivity index (χ0v) is 18.5. The van der Waals surface area contributed by atoms with Crippen LogP contribution >= 0.6 is 27.5 Å². The van der Waals surface area contributed by atoms with Gasteiger partial charge in [0, 0.05) is 20.3 Å². The van der Waals surface area contributed by atoms with Crippen molar-refractivity contribution in [3.8, 4) is 29.3 Å². The van der Waals surface area contributed by atoms with E-state index >= 15 is 0 Å². The molecule has 1 heterocycles. The third kappa shape index (κ3) is 3.00. The van der Waals surface area contributed by atoms with E-state index in [2.05, 4.69) is 33.1 Å². The Bertz CT molecular complexity index is 1510. The van der Waals surface area contributed by atoms with Crippen molar-refractivity contribution in [3.63, 3.8) is 0 Å². The van der Waals surface area contributed by atoms with E-state index in [1.165, 1.54) is 7.11 Å². The molecule has 5 aromatic rings. The van der Waals surface area contributed by atoms with Crippen molar-refractivity contribution in [1.29, 1.82) is 10.5 Å². The van der Waals surface area contributed by atoms with Gasteiger partial charge >= 0.3 is 0 Å². The number of rotatable bonds is 2. The minimum atomic E-state index is 0.314. The van der Waals surface area contributed by atoms with Crippen molar-refractivity contribution in [2.45, 2.75) is 0 Å². The number of hydrogen-bond acceptors (Lipinski definition) is 4. The summed E-state index contributed by atoms with van der Waals surface area (Å²) < 4.78 is 6.19. The second-order valence-corrected chi connectivity index (χ2v) is 8.36. The van der Waals surface area contributed by atoms with Crippen LogP contribution in [0.4, 0.5) is 0 Å². The lowest BCUT2D eigenvalue weighted by Crippen LogP contribution is -1.94. The van der Waals surface area contributed by atoms with Crippen LogP contribution in [0.15, 0.2) is 53.0 Å². The topological polar surface area (TPSA) is 85.5 Å². The fourth-order valence-electron chi connectivity index (χ4n) is 3.95. The van der Waals surface area contributed by atoms with Gasteiger partial charge in [0.1, 0.15) is 23.7 Å². The number of aromatic amines is 1. The minimum absolute atomic E-state index is 0.314. The Morgan fingerprint density at radius 3 is 2.29 bits per heavy atom. The van der Waals surface area contributed by atoms with E-state index in [1.54, 1.807) is 12.1 Å². The van der Waals surface area contributed by atoms with Crippen LogP contribution in [0, 0.1) is 22.7 Å². The molecule has 0 amide bonds. The number of hydrogen-bond donors (Lipinski definition) is 1. The molecule has 0 aliphatic rings. The number of nitriles is 2. The zero-order chi connectivity index (χ0) is 21.7. The van der Waals surface area contributed by atoms with Gasteiger partial charge in [-0.1, -0.05) is 39.7 Å². The number of fused-ring (bicyclic) bond motifs is 6. The predicted octanol–water partition coefficient (Wildman–Crippen LogP) is 6.70. The molecule has 0 bridgehead atoms. The minimum Gasteiger partial charge on any atom is -0.497 e. The average molecular weight is 488 g/mol. The van der Waals surface area contributed by atoms with Crippen molar-refractivity contribution in [3.05, 3.63) is 69.2 Å². The van der Waals surface area contributed by atoms with Gasteiger partial charge in [-0.2, -0.15) is 10.5 Å². The van der Waals surface area contributed by atoms with Crippen LogP contribution in [-0.2, 0) is 0 Å². The monoisotopic (exact) mass is 486 g/mol. The maximum atomic E-state index is 9.72. The standard InChI is InChI=1S/C24H12BrClN4O/c1-31-16-6-12(10-27)21(13(7-16)11-28)24-29-22-17-4-2-14(25)8-19(17)20-9-15(26)3-5-18(20)23(22)30-24/h2-9H,1H3,(H,29,30). The average Bonchev–Trinajstić information content (AvgIpc) is 3.23. The molecule has 0 saturated carbocycles. The molecule has 0 fully saturated rings. The van der Waals surface area contributed by atoms with Crippen molar-refractivity contribution in [2.75, 3.05) is 7.11 Å². The van der Waals surface area contributed by atoms with Gasteiger partial charge in [0.25, 0.3) is 0 Å². The summed E-state index contributed by atoms with van der Waals surface area (Å²) >= 11 is 9.85. The molecule has 148 valence electrons. The van der Waals surface area contributed by atoms with E-state index in [9.17, 15) is 10.5 Å². The van der Waals surface area contributed by atoms with Crippen molar-refractivity contribution < 1.29 is 4.74 Å². The molecule has 0 aliphatic heterocycles. The molecule has 0 saturated heterocycles. The SMILES string of the molecule is COc1cc(C#N)c(-c2nc3c4ccc(Br)cc4c4cc(Cl)ccc4c3[nH]2)c(C#N)c1. The van der Waals surface area contributed by atoms with Gasteiger partial charge in [0.05, 0.1) is 34.8 Å². The summed E-state index contributed by atoms with van der Waals surface area (Å²) in [4.78, 5) is 8.20. The molecule has 1 aromatic heterocycles. The van der Waals surface area contributed by atoms with E-state index in [0.717, 1.165) is 37.1 Å². The van der Waals surface area contributed by atoms with Crippen LogP contribution in [0.2, 0.25) is 5.02 Å². The second-order valence-electron chi connectivity index (χ2n) is 7.01. The first kappa shape index (κ1) is 19.4. The summed E-state index contributed by atoms with van der Waals surface area (Å²) in [5.41, 5.74) is 2.66. The highest BCUT2D eigenvalue weighted by atomic mass is 79.9. The number of aromatic nitrogens is 2. The number of nitrogens with zero attached hydrogens (tertiary/aromatic N) is 3. The Morgan fingerprint density at radius 2 is 1.61 bits per heavy atom. The molecule has 4 aromatic carbocycles. The maximum absolute atomic E-state index is 9.72. The number of halogens is 2. The lowest BCUT2D eigenvalue weighted by atomic mass is 10.00. The molecule has 1 N–H and O–H groups in total. The normalized spacial score (nSPS) is 11.0. The lowest BCUT2D eigenvalue weighted by molar-refractivity contribution is 0.414. The molecule has 0 radical (unpaired) electrons. The molecule has 31 heavy (non-hydrogen) atoms. The fraction of sp³-hybridized carbons (Fsp3) is 0.0417. The predicted molar refractivity (Wildman–Crippen MR) is 125 cm³/mol. The zero-order valence-electron chi connectivity index (χ0n) is 16.1. The first-order valence-corrected chi connectivity index (χ1v) is 10.4. The Labute approximate surface area is 190 Å². The van der Waals surface area contributed by atoms with Crippen molar-refractivity contribution >= 4 is 60.1 Å². The molecule has 0 aliphatic carbocycles. The second kappa shape index (κ2) is 7.28. The molecule has 7 heteroatoms. The van der Waals surface area contributed by atoms with Crippen LogP contribution in [0.5, 0.6) is 5.75 Å². The molecule has 5 rings (SSSR count). The maximum Gasteiger partial charge on any atom is 0.141 e.